The largest absolute Gasteiger partial charge is 0.394 e. The van der Waals surface area contributed by atoms with Crippen LogP contribution in [-0.4, -0.2) is 42.2 Å². The quantitative estimate of drug-likeness (QED) is 0.856. The molecule has 0 spiro atoms. The van der Waals surface area contributed by atoms with Crippen molar-refractivity contribution in [3.05, 3.63) is 23.9 Å². The third kappa shape index (κ3) is 3.04. The van der Waals surface area contributed by atoms with Gasteiger partial charge in [0.2, 0.25) is 0 Å². The van der Waals surface area contributed by atoms with E-state index in [9.17, 15) is 9.90 Å². The smallest absolute Gasteiger partial charge is 0.251 e. The molecule has 0 aliphatic heterocycles. The van der Waals surface area contributed by atoms with Crippen molar-refractivity contribution in [2.24, 2.45) is 0 Å². The van der Waals surface area contributed by atoms with Gasteiger partial charge in [0.25, 0.3) is 5.91 Å². The van der Waals surface area contributed by atoms with Gasteiger partial charge in [-0.05, 0) is 25.0 Å². The first-order chi connectivity index (χ1) is 9.06. The molecule has 19 heavy (non-hydrogen) atoms. The monoisotopic (exact) mass is 263 g/mol. The first-order valence-corrected chi connectivity index (χ1v) is 6.63. The molecule has 1 aromatic heterocycles. The van der Waals surface area contributed by atoms with Crippen molar-refractivity contribution in [1.82, 2.24) is 10.3 Å². The number of carbonyl (C=O) groups excluding carboxylic acids is 1. The number of nitrogens with zero attached hydrogens (tertiary/aromatic N) is 2. The van der Waals surface area contributed by atoms with Crippen LogP contribution in [0.4, 0.5) is 5.82 Å². The summed E-state index contributed by atoms with van der Waals surface area (Å²) < 4.78 is 0. The number of aliphatic hydroxyl groups is 1. The van der Waals surface area contributed by atoms with Crippen LogP contribution in [0.25, 0.3) is 0 Å². The molecule has 1 aliphatic carbocycles. The van der Waals surface area contributed by atoms with Gasteiger partial charge in [-0.3, -0.25) is 4.79 Å². The van der Waals surface area contributed by atoms with E-state index in [1.165, 1.54) is 0 Å². The number of anilines is 1. The molecule has 1 aliphatic rings. The highest BCUT2D eigenvalue weighted by atomic mass is 16.3. The molecule has 1 aromatic rings. The maximum Gasteiger partial charge on any atom is 0.251 e. The molecule has 1 heterocycles. The van der Waals surface area contributed by atoms with E-state index in [0.29, 0.717) is 5.56 Å². The Morgan fingerprint density at radius 3 is 2.74 bits per heavy atom. The zero-order valence-electron chi connectivity index (χ0n) is 11.5. The average Bonchev–Trinajstić information content (AvgIpc) is 2.88. The molecule has 1 amide bonds. The van der Waals surface area contributed by atoms with Crippen LogP contribution in [0.2, 0.25) is 0 Å². The number of aliphatic hydroxyl groups excluding tert-OH is 1. The molecule has 1 fully saturated rings. The lowest BCUT2D eigenvalue weighted by molar-refractivity contribution is 0.0838. The van der Waals surface area contributed by atoms with Crippen LogP contribution in [0.5, 0.6) is 0 Å². The zero-order valence-corrected chi connectivity index (χ0v) is 11.5. The fourth-order valence-corrected chi connectivity index (χ4v) is 2.49. The van der Waals surface area contributed by atoms with E-state index >= 15 is 0 Å². The molecule has 0 aromatic carbocycles. The van der Waals surface area contributed by atoms with Crippen LogP contribution in [0.1, 0.15) is 36.0 Å². The van der Waals surface area contributed by atoms with E-state index in [1.54, 1.807) is 18.3 Å². The van der Waals surface area contributed by atoms with Crippen molar-refractivity contribution in [3.8, 4) is 0 Å². The maximum absolute atomic E-state index is 12.3. The third-order valence-corrected chi connectivity index (χ3v) is 3.71. The van der Waals surface area contributed by atoms with Crippen LogP contribution in [-0.2, 0) is 0 Å². The number of rotatable bonds is 4. The number of amides is 1. The van der Waals surface area contributed by atoms with Gasteiger partial charge in [-0.1, -0.05) is 12.8 Å². The number of aromatic nitrogens is 1. The van der Waals surface area contributed by atoms with Gasteiger partial charge in [0.1, 0.15) is 5.82 Å². The van der Waals surface area contributed by atoms with Gasteiger partial charge in [-0.2, -0.15) is 0 Å². The van der Waals surface area contributed by atoms with Crippen molar-refractivity contribution < 1.29 is 9.90 Å². The average molecular weight is 263 g/mol. The SMILES string of the molecule is CN(C)c1cc(C(=O)NC2(CO)CCCC2)ccn1. The van der Waals surface area contributed by atoms with E-state index in [4.69, 9.17) is 0 Å². The van der Waals surface area contributed by atoms with E-state index in [2.05, 4.69) is 10.3 Å². The first kappa shape index (κ1) is 13.8. The molecule has 1 saturated carbocycles. The second-order valence-electron chi connectivity index (χ2n) is 5.40. The Labute approximate surface area is 113 Å². The summed E-state index contributed by atoms with van der Waals surface area (Å²) in [5.41, 5.74) is 0.150. The summed E-state index contributed by atoms with van der Waals surface area (Å²) in [6.07, 6.45) is 5.44. The summed E-state index contributed by atoms with van der Waals surface area (Å²) in [6, 6.07) is 3.46. The van der Waals surface area contributed by atoms with Gasteiger partial charge in [0.05, 0.1) is 12.1 Å². The maximum atomic E-state index is 12.3. The zero-order chi connectivity index (χ0) is 13.9. The van der Waals surface area contributed by atoms with Crippen molar-refractivity contribution in [2.45, 2.75) is 31.2 Å². The Morgan fingerprint density at radius 1 is 1.47 bits per heavy atom. The van der Waals surface area contributed by atoms with E-state index in [1.807, 2.05) is 19.0 Å². The molecule has 0 unspecified atom stereocenters. The highest BCUT2D eigenvalue weighted by Crippen LogP contribution is 2.29. The van der Waals surface area contributed by atoms with Gasteiger partial charge < -0.3 is 15.3 Å². The lowest BCUT2D eigenvalue weighted by Crippen LogP contribution is -2.49. The molecule has 2 rings (SSSR count). The van der Waals surface area contributed by atoms with Gasteiger partial charge in [0.15, 0.2) is 0 Å². The van der Waals surface area contributed by atoms with Crippen molar-refractivity contribution >= 4 is 11.7 Å². The Hall–Kier alpha value is -1.62. The van der Waals surface area contributed by atoms with Crippen LogP contribution < -0.4 is 10.2 Å². The fourth-order valence-electron chi connectivity index (χ4n) is 2.49. The van der Waals surface area contributed by atoms with Crippen LogP contribution in [0, 0.1) is 0 Å². The predicted octanol–water partition coefficient (Wildman–Crippen LogP) is 1.18. The van der Waals surface area contributed by atoms with Gasteiger partial charge in [-0.25, -0.2) is 4.98 Å². The summed E-state index contributed by atoms with van der Waals surface area (Å²) >= 11 is 0. The minimum atomic E-state index is -0.432. The van der Waals surface area contributed by atoms with Crippen LogP contribution >= 0.6 is 0 Å². The first-order valence-electron chi connectivity index (χ1n) is 6.63. The minimum absolute atomic E-state index is 0.00433. The predicted molar refractivity (Wildman–Crippen MR) is 74.3 cm³/mol. The van der Waals surface area contributed by atoms with Crippen molar-refractivity contribution in [1.29, 1.82) is 0 Å². The molecule has 0 radical (unpaired) electrons. The Balaban J connectivity index is 2.13. The lowest BCUT2D eigenvalue weighted by atomic mass is 9.98. The van der Waals surface area contributed by atoms with Gasteiger partial charge in [-0.15, -0.1) is 0 Å². The number of hydrogen-bond acceptors (Lipinski definition) is 4. The molecule has 0 bridgehead atoms. The summed E-state index contributed by atoms with van der Waals surface area (Å²) in [4.78, 5) is 18.3. The normalized spacial score (nSPS) is 17.2. The number of carbonyl (C=O) groups is 1. The fraction of sp³-hybridized carbons (Fsp3) is 0.571. The highest BCUT2D eigenvalue weighted by molar-refractivity contribution is 5.95. The molecule has 0 saturated heterocycles. The van der Waals surface area contributed by atoms with E-state index in [-0.39, 0.29) is 12.5 Å². The summed E-state index contributed by atoms with van der Waals surface area (Å²) in [6.45, 7) is 0.00433. The summed E-state index contributed by atoms with van der Waals surface area (Å²) in [7, 11) is 3.77. The summed E-state index contributed by atoms with van der Waals surface area (Å²) in [5.74, 6) is 0.610. The minimum Gasteiger partial charge on any atom is -0.394 e. The third-order valence-electron chi connectivity index (χ3n) is 3.71. The standard InChI is InChI=1S/C14H21N3O2/c1-17(2)12-9-11(5-8-15-12)13(19)16-14(10-18)6-3-4-7-14/h5,8-9,18H,3-4,6-7,10H2,1-2H3,(H,16,19). The molecular formula is C14H21N3O2. The van der Waals surface area contributed by atoms with Crippen molar-refractivity contribution in [3.63, 3.8) is 0 Å². The van der Waals surface area contributed by atoms with Crippen LogP contribution in [0.15, 0.2) is 18.3 Å². The molecular weight excluding hydrogens is 242 g/mol. The Bertz CT molecular complexity index is 454. The number of hydrogen-bond donors (Lipinski definition) is 2. The topological polar surface area (TPSA) is 65.5 Å². The lowest BCUT2D eigenvalue weighted by Gasteiger charge is -2.28. The second-order valence-corrected chi connectivity index (χ2v) is 5.40. The van der Waals surface area contributed by atoms with E-state index < -0.39 is 5.54 Å². The van der Waals surface area contributed by atoms with E-state index in [0.717, 1.165) is 31.5 Å². The van der Waals surface area contributed by atoms with Crippen molar-refractivity contribution in [2.75, 3.05) is 25.6 Å². The molecule has 5 nitrogen and oxygen atoms in total. The molecule has 2 N–H and O–H groups in total. The van der Waals surface area contributed by atoms with Gasteiger partial charge >= 0.3 is 0 Å². The van der Waals surface area contributed by atoms with Gasteiger partial charge in [0, 0.05) is 25.9 Å². The molecule has 104 valence electrons. The molecule has 5 heteroatoms. The van der Waals surface area contributed by atoms with Crippen LogP contribution in [0.3, 0.4) is 0 Å². The Kier molecular flexibility index (Phi) is 4.04. The Morgan fingerprint density at radius 2 is 2.16 bits per heavy atom. The summed E-state index contributed by atoms with van der Waals surface area (Å²) in [5, 5.41) is 12.5. The highest BCUT2D eigenvalue weighted by Gasteiger charge is 2.34. The number of nitrogens with one attached hydrogen (secondary N) is 1. The molecule has 0 atom stereocenters. The number of pyridine rings is 1. The second kappa shape index (κ2) is 5.57.